The molecule has 0 unspecified atom stereocenters. The number of nitrogens with zero attached hydrogens (tertiary/aromatic N) is 2. The molecule has 2 aliphatic rings. The van der Waals surface area contributed by atoms with E-state index in [9.17, 15) is 0 Å². The van der Waals surface area contributed by atoms with E-state index in [1.165, 1.54) is 25.1 Å². The van der Waals surface area contributed by atoms with Gasteiger partial charge in [0.2, 0.25) is 0 Å². The molecule has 1 saturated carbocycles. The minimum atomic E-state index is 0.760. The van der Waals surface area contributed by atoms with Crippen LogP contribution >= 0.6 is 0 Å². The van der Waals surface area contributed by atoms with Crippen LogP contribution in [0.2, 0.25) is 0 Å². The highest BCUT2D eigenvalue weighted by atomic mass is 15.2. The summed E-state index contributed by atoms with van der Waals surface area (Å²) in [5, 5.41) is 0. The molecule has 0 N–H and O–H groups in total. The topological polar surface area (TPSA) is 15.6 Å². The third-order valence-corrected chi connectivity index (χ3v) is 3.04. The Morgan fingerprint density at radius 2 is 2.33 bits per heavy atom. The van der Waals surface area contributed by atoms with Crippen molar-refractivity contribution in [2.45, 2.75) is 32.2 Å². The Bertz CT molecular complexity index is 226. The molecule has 2 bridgehead atoms. The quantitative estimate of drug-likeness (QED) is 0.579. The maximum Gasteiger partial charge on any atom is 0.107 e. The number of hydrogen-bond donors (Lipinski definition) is 0. The molecule has 1 aliphatic heterocycles. The van der Waals surface area contributed by atoms with Crippen LogP contribution in [0.1, 0.15) is 26.2 Å². The molecular weight excluding hydrogens is 148 g/mol. The van der Waals surface area contributed by atoms with Crippen molar-refractivity contribution in [1.29, 1.82) is 0 Å². The molecule has 1 aliphatic carbocycles. The Balaban J connectivity index is 2.16. The monoisotopic (exact) mass is 164 g/mol. The smallest absolute Gasteiger partial charge is 0.107 e. The van der Waals surface area contributed by atoms with Gasteiger partial charge in [-0.25, -0.2) is 4.99 Å². The lowest BCUT2D eigenvalue weighted by Gasteiger charge is -2.25. The van der Waals surface area contributed by atoms with Crippen molar-refractivity contribution in [1.82, 2.24) is 4.90 Å². The SMILES string of the molecule is C/C=C/N=C1[C@@H]2CC[C@@H](C2)N1C. The molecule has 2 atom stereocenters. The zero-order valence-electron chi connectivity index (χ0n) is 7.83. The lowest BCUT2D eigenvalue weighted by molar-refractivity contribution is 0.386. The molecule has 12 heavy (non-hydrogen) atoms. The summed E-state index contributed by atoms with van der Waals surface area (Å²) in [6.45, 7) is 2.01. The minimum absolute atomic E-state index is 0.760. The molecule has 66 valence electrons. The summed E-state index contributed by atoms with van der Waals surface area (Å²) in [6, 6.07) is 0.791. The number of hydrogen-bond acceptors (Lipinski definition) is 1. The lowest BCUT2D eigenvalue weighted by Crippen LogP contribution is -2.33. The fraction of sp³-hybridized carbons (Fsp3) is 0.700. The molecule has 1 saturated heterocycles. The highest BCUT2D eigenvalue weighted by Gasteiger charge is 2.40. The van der Waals surface area contributed by atoms with E-state index in [1.54, 1.807) is 0 Å². The maximum absolute atomic E-state index is 4.47. The number of amidine groups is 1. The van der Waals surface area contributed by atoms with Crippen molar-refractivity contribution in [3.05, 3.63) is 12.3 Å². The van der Waals surface area contributed by atoms with Gasteiger partial charge in [0.25, 0.3) is 0 Å². The van der Waals surface area contributed by atoms with Crippen LogP contribution in [-0.2, 0) is 0 Å². The van der Waals surface area contributed by atoms with Gasteiger partial charge in [0, 0.05) is 25.2 Å². The van der Waals surface area contributed by atoms with Crippen molar-refractivity contribution >= 4 is 5.84 Å². The van der Waals surface area contributed by atoms with Crippen LogP contribution < -0.4 is 0 Å². The van der Waals surface area contributed by atoms with Crippen molar-refractivity contribution in [3.8, 4) is 0 Å². The minimum Gasteiger partial charge on any atom is -0.360 e. The predicted octanol–water partition coefficient (Wildman–Crippen LogP) is 2.03. The summed E-state index contributed by atoms with van der Waals surface area (Å²) >= 11 is 0. The van der Waals surface area contributed by atoms with Gasteiger partial charge in [0.1, 0.15) is 5.84 Å². The number of aliphatic imine (C=N–C) groups is 1. The van der Waals surface area contributed by atoms with Crippen molar-refractivity contribution in [3.63, 3.8) is 0 Å². The fourth-order valence-electron chi connectivity index (χ4n) is 2.37. The molecule has 0 amide bonds. The van der Waals surface area contributed by atoms with Gasteiger partial charge in [-0.3, -0.25) is 0 Å². The molecule has 0 spiro atoms. The van der Waals surface area contributed by atoms with E-state index in [0.717, 1.165) is 12.0 Å². The van der Waals surface area contributed by atoms with Gasteiger partial charge in [0.05, 0.1) is 0 Å². The molecule has 0 aromatic heterocycles. The van der Waals surface area contributed by atoms with Gasteiger partial charge < -0.3 is 4.90 Å². The maximum atomic E-state index is 4.47. The van der Waals surface area contributed by atoms with Gasteiger partial charge in [0.15, 0.2) is 0 Å². The third kappa shape index (κ3) is 1.06. The number of fused-ring (bicyclic) bond motifs is 2. The largest absolute Gasteiger partial charge is 0.360 e. The molecule has 2 heteroatoms. The second-order valence-electron chi connectivity index (χ2n) is 3.74. The average molecular weight is 164 g/mol. The van der Waals surface area contributed by atoms with Gasteiger partial charge in [-0.15, -0.1) is 0 Å². The van der Waals surface area contributed by atoms with Crippen LogP contribution in [0, 0.1) is 5.92 Å². The number of likely N-dealkylation sites (tertiary alicyclic amines) is 1. The van der Waals surface area contributed by atoms with Gasteiger partial charge in [-0.2, -0.15) is 0 Å². The van der Waals surface area contributed by atoms with Crippen LogP contribution in [0.5, 0.6) is 0 Å². The fourth-order valence-corrected chi connectivity index (χ4v) is 2.37. The van der Waals surface area contributed by atoms with Crippen LogP contribution in [0.3, 0.4) is 0 Å². The van der Waals surface area contributed by atoms with E-state index in [-0.39, 0.29) is 0 Å². The summed E-state index contributed by atoms with van der Waals surface area (Å²) in [6.07, 6.45) is 7.97. The molecule has 0 aromatic rings. The van der Waals surface area contributed by atoms with E-state index in [2.05, 4.69) is 16.9 Å². The first-order valence-electron chi connectivity index (χ1n) is 4.74. The zero-order valence-corrected chi connectivity index (χ0v) is 7.83. The number of allylic oxidation sites excluding steroid dienone is 1. The Morgan fingerprint density at radius 3 is 2.92 bits per heavy atom. The number of rotatable bonds is 1. The van der Waals surface area contributed by atoms with Gasteiger partial charge in [-0.05, 0) is 26.2 Å². The molecule has 0 aromatic carbocycles. The van der Waals surface area contributed by atoms with Crippen LogP contribution in [-0.4, -0.2) is 23.8 Å². The normalized spacial score (nSPS) is 37.5. The Kier molecular flexibility index (Phi) is 1.91. The van der Waals surface area contributed by atoms with Crippen LogP contribution in [0.15, 0.2) is 17.3 Å². The predicted molar refractivity (Wildman–Crippen MR) is 51.1 cm³/mol. The second-order valence-corrected chi connectivity index (χ2v) is 3.74. The summed E-state index contributed by atoms with van der Waals surface area (Å²) in [5.74, 6) is 2.07. The zero-order chi connectivity index (χ0) is 8.55. The van der Waals surface area contributed by atoms with Crippen molar-refractivity contribution in [2.24, 2.45) is 10.9 Å². The van der Waals surface area contributed by atoms with Crippen LogP contribution in [0.4, 0.5) is 0 Å². The first kappa shape index (κ1) is 7.84. The first-order chi connectivity index (χ1) is 5.83. The number of piperidine rings is 1. The van der Waals surface area contributed by atoms with Crippen molar-refractivity contribution in [2.75, 3.05) is 7.05 Å². The van der Waals surface area contributed by atoms with E-state index >= 15 is 0 Å². The van der Waals surface area contributed by atoms with E-state index in [1.807, 2.05) is 19.2 Å². The standard InChI is InChI=1S/C10H16N2/c1-3-6-11-10-8-4-5-9(7-8)12(10)2/h3,6,8-9H,4-5,7H2,1-2H3/b6-3+,11-10?/t8-,9+/m1/s1. The molecule has 2 fully saturated rings. The first-order valence-corrected chi connectivity index (χ1v) is 4.74. The summed E-state index contributed by atoms with van der Waals surface area (Å²) in [5.41, 5.74) is 0. The molecule has 2 nitrogen and oxygen atoms in total. The highest BCUT2D eigenvalue weighted by Crippen LogP contribution is 2.38. The average Bonchev–Trinajstić information content (AvgIpc) is 2.62. The summed E-state index contributed by atoms with van der Waals surface area (Å²) in [4.78, 5) is 6.82. The molecule has 1 heterocycles. The molecule has 0 radical (unpaired) electrons. The second kappa shape index (κ2) is 2.92. The molecular formula is C10H16N2. The molecule has 2 rings (SSSR count). The Hall–Kier alpha value is -0.790. The highest BCUT2D eigenvalue weighted by molar-refractivity contribution is 5.88. The summed E-state index contributed by atoms with van der Waals surface area (Å²) in [7, 11) is 2.17. The van der Waals surface area contributed by atoms with E-state index in [0.29, 0.717) is 0 Å². The van der Waals surface area contributed by atoms with E-state index < -0.39 is 0 Å². The van der Waals surface area contributed by atoms with Gasteiger partial charge >= 0.3 is 0 Å². The van der Waals surface area contributed by atoms with Crippen molar-refractivity contribution < 1.29 is 0 Å². The Labute approximate surface area is 74.0 Å². The van der Waals surface area contributed by atoms with E-state index in [4.69, 9.17) is 0 Å². The third-order valence-electron chi connectivity index (χ3n) is 3.04. The van der Waals surface area contributed by atoms with Gasteiger partial charge in [-0.1, -0.05) is 6.08 Å². The van der Waals surface area contributed by atoms with Crippen LogP contribution in [0.25, 0.3) is 0 Å². The Morgan fingerprint density at radius 1 is 1.50 bits per heavy atom. The lowest BCUT2D eigenvalue weighted by atomic mass is 10.1. The summed E-state index contributed by atoms with van der Waals surface area (Å²) < 4.78 is 0.